The van der Waals surface area contributed by atoms with Gasteiger partial charge >= 0.3 is 0 Å². The van der Waals surface area contributed by atoms with Crippen LogP contribution in [0.1, 0.15) is 37.7 Å². The van der Waals surface area contributed by atoms with Crippen molar-refractivity contribution in [2.24, 2.45) is 4.99 Å². The van der Waals surface area contributed by atoms with Gasteiger partial charge in [0.15, 0.2) is 5.96 Å². The molecule has 7 nitrogen and oxygen atoms in total. The molecule has 2 N–H and O–H groups in total. The Balaban J connectivity index is 0.00000320. The molecule has 0 aromatic carbocycles. The van der Waals surface area contributed by atoms with Crippen LogP contribution >= 0.6 is 46.9 Å². The lowest BCUT2D eigenvalue weighted by molar-refractivity contribution is -0.135. The zero-order valence-electron chi connectivity index (χ0n) is 17.7. The molecule has 1 aromatic heterocycles. The first-order valence-corrected chi connectivity index (χ1v) is 11.7. The van der Waals surface area contributed by atoms with Gasteiger partial charge < -0.3 is 20.2 Å². The SMILES string of the molecule is CCNC(=NCC(O)c1ccc(Cl)s1)N1CCN(C(C)C(=O)N2CCCC2)CC1.I. The summed E-state index contributed by atoms with van der Waals surface area (Å²) in [7, 11) is 0. The van der Waals surface area contributed by atoms with E-state index in [1.807, 2.05) is 24.8 Å². The molecule has 2 fully saturated rings. The van der Waals surface area contributed by atoms with Crippen molar-refractivity contribution in [2.45, 2.75) is 38.8 Å². The van der Waals surface area contributed by atoms with E-state index in [1.54, 1.807) is 6.07 Å². The number of nitrogens with one attached hydrogen (secondary N) is 1. The highest BCUT2D eigenvalue weighted by molar-refractivity contribution is 14.0. The van der Waals surface area contributed by atoms with E-state index in [4.69, 9.17) is 11.6 Å². The predicted molar refractivity (Wildman–Crippen MR) is 134 cm³/mol. The summed E-state index contributed by atoms with van der Waals surface area (Å²) in [5.74, 6) is 1.07. The van der Waals surface area contributed by atoms with Gasteiger partial charge in [-0.3, -0.25) is 14.7 Å². The summed E-state index contributed by atoms with van der Waals surface area (Å²) in [5.41, 5.74) is 0. The van der Waals surface area contributed by atoms with Crippen LogP contribution in [0.2, 0.25) is 4.34 Å². The van der Waals surface area contributed by atoms with Crippen LogP contribution in [0, 0.1) is 0 Å². The topological polar surface area (TPSA) is 71.4 Å². The van der Waals surface area contributed by atoms with E-state index in [9.17, 15) is 9.90 Å². The number of likely N-dealkylation sites (tertiary alicyclic amines) is 1. The number of hydrogen-bond acceptors (Lipinski definition) is 5. The Morgan fingerprint density at radius 2 is 1.87 bits per heavy atom. The average molecular weight is 570 g/mol. The number of aliphatic hydroxyl groups excluding tert-OH is 1. The number of thiophene rings is 1. The number of aliphatic imine (C=N–C) groups is 1. The van der Waals surface area contributed by atoms with Gasteiger partial charge in [-0.05, 0) is 38.8 Å². The summed E-state index contributed by atoms with van der Waals surface area (Å²) < 4.78 is 0.670. The van der Waals surface area contributed by atoms with Crippen LogP contribution in [0.3, 0.4) is 0 Å². The number of amides is 1. The zero-order chi connectivity index (χ0) is 20.8. The normalized spacial score (nSPS) is 20.1. The molecule has 0 radical (unpaired) electrons. The van der Waals surface area contributed by atoms with E-state index in [0.717, 1.165) is 69.5 Å². The Bertz CT molecular complexity index is 705. The molecule has 2 aliphatic rings. The van der Waals surface area contributed by atoms with E-state index < -0.39 is 6.10 Å². The van der Waals surface area contributed by atoms with Crippen molar-refractivity contribution in [3.63, 3.8) is 0 Å². The number of aliphatic hydroxyl groups is 1. The lowest BCUT2D eigenvalue weighted by Crippen LogP contribution is -2.57. The van der Waals surface area contributed by atoms with Crippen molar-refractivity contribution in [3.8, 4) is 0 Å². The highest BCUT2D eigenvalue weighted by Crippen LogP contribution is 2.27. The Morgan fingerprint density at radius 3 is 2.43 bits per heavy atom. The Hall–Kier alpha value is -0.620. The molecule has 0 spiro atoms. The van der Waals surface area contributed by atoms with Gasteiger partial charge in [0.2, 0.25) is 5.91 Å². The summed E-state index contributed by atoms with van der Waals surface area (Å²) in [4.78, 5) is 24.6. The molecule has 3 rings (SSSR count). The summed E-state index contributed by atoms with van der Waals surface area (Å²) >= 11 is 7.34. The fraction of sp³-hybridized carbons (Fsp3) is 0.700. The van der Waals surface area contributed by atoms with Crippen molar-refractivity contribution in [3.05, 3.63) is 21.3 Å². The third-order valence-electron chi connectivity index (χ3n) is 5.61. The van der Waals surface area contributed by atoms with Gasteiger partial charge in [0.1, 0.15) is 6.10 Å². The number of piperazine rings is 1. The van der Waals surface area contributed by atoms with E-state index in [1.165, 1.54) is 11.3 Å². The molecule has 2 saturated heterocycles. The monoisotopic (exact) mass is 569 g/mol. The summed E-state index contributed by atoms with van der Waals surface area (Å²) in [5, 5.41) is 13.7. The molecular weight excluding hydrogens is 537 g/mol. The first-order chi connectivity index (χ1) is 14.0. The van der Waals surface area contributed by atoms with Gasteiger partial charge in [-0.15, -0.1) is 35.3 Å². The first-order valence-electron chi connectivity index (χ1n) is 10.5. The van der Waals surface area contributed by atoms with Crippen LogP contribution in [0.25, 0.3) is 0 Å². The molecule has 170 valence electrons. The van der Waals surface area contributed by atoms with E-state index in [0.29, 0.717) is 10.9 Å². The minimum atomic E-state index is -0.652. The average Bonchev–Trinajstić information content (AvgIpc) is 3.42. The summed E-state index contributed by atoms with van der Waals surface area (Å²) in [6.07, 6.45) is 1.59. The maximum Gasteiger partial charge on any atom is 0.239 e. The molecular formula is C20H33ClIN5O2S. The van der Waals surface area contributed by atoms with Crippen molar-refractivity contribution in [2.75, 3.05) is 52.4 Å². The fourth-order valence-electron chi connectivity index (χ4n) is 3.88. The van der Waals surface area contributed by atoms with Gasteiger partial charge in [-0.1, -0.05) is 11.6 Å². The van der Waals surface area contributed by atoms with Crippen molar-refractivity contribution >= 4 is 58.8 Å². The van der Waals surface area contributed by atoms with Crippen LogP contribution in [-0.4, -0.2) is 90.1 Å². The van der Waals surface area contributed by atoms with E-state index >= 15 is 0 Å². The Labute approximate surface area is 205 Å². The molecule has 1 aromatic rings. The quantitative estimate of drug-likeness (QED) is 0.313. The molecule has 2 unspecified atom stereocenters. The molecule has 0 saturated carbocycles. The Kier molecular flexibility index (Phi) is 10.6. The maximum absolute atomic E-state index is 12.7. The largest absolute Gasteiger partial charge is 0.386 e. The lowest BCUT2D eigenvalue weighted by Gasteiger charge is -2.39. The van der Waals surface area contributed by atoms with Gasteiger partial charge in [-0.2, -0.15) is 0 Å². The number of carbonyl (C=O) groups excluding carboxylic acids is 1. The highest BCUT2D eigenvalue weighted by atomic mass is 127. The van der Waals surface area contributed by atoms with Crippen LogP contribution < -0.4 is 5.32 Å². The number of halogens is 2. The fourth-order valence-corrected chi connectivity index (χ4v) is 4.91. The highest BCUT2D eigenvalue weighted by Gasteiger charge is 2.30. The Morgan fingerprint density at radius 1 is 1.20 bits per heavy atom. The van der Waals surface area contributed by atoms with Crippen molar-refractivity contribution < 1.29 is 9.90 Å². The van der Waals surface area contributed by atoms with Crippen molar-refractivity contribution in [1.82, 2.24) is 20.0 Å². The summed E-state index contributed by atoms with van der Waals surface area (Å²) in [6.45, 7) is 10.2. The van der Waals surface area contributed by atoms with Crippen LogP contribution in [0.4, 0.5) is 0 Å². The second kappa shape index (κ2) is 12.4. The minimum absolute atomic E-state index is 0. The molecule has 2 atom stereocenters. The van der Waals surface area contributed by atoms with Gasteiger partial charge in [0.05, 0.1) is 16.9 Å². The minimum Gasteiger partial charge on any atom is -0.386 e. The molecule has 1 amide bonds. The molecule has 0 bridgehead atoms. The lowest BCUT2D eigenvalue weighted by atomic mass is 10.2. The first kappa shape index (κ1) is 25.6. The molecule has 2 aliphatic heterocycles. The second-order valence-corrected chi connectivity index (χ2v) is 9.33. The predicted octanol–water partition coefficient (Wildman–Crippen LogP) is 2.65. The number of hydrogen-bond donors (Lipinski definition) is 2. The molecule has 0 aliphatic carbocycles. The number of guanidine groups is 1. The molecule has 10 heteroatoms. The molecule has 3 heterocycles. The smallest absolute Gasteiger partial charge is 0.239 e. The van der Waals surface area contributed by atoms with Crippen molar-refractivity contribution in [1.29, 1.82) is 0 Å². The third kappa shape index (κ3) is 6.69. The number of rotatable bonds is 6. The second-order valence-electron chi connectivity index (χ2n) is 7.58. The zero-order valence-corrected chi connectivity index (χ0v) is 21.6. The third-order valence-corrected chi connectivity index (χ3v) is 6.94. The van der Waals surface area contributed by atoms with Crippen LogP contribution in [-0.2, 0) is 4.79 Å². The molecule has 30 heavy (non-hydrogen) atoms. The van der Waals surface area contributed by atoms with Crippen LogP contribution in [0.15, 0.2) is 17.1 Å². The van der Waals surface area contributed by atoms with Gasteiger partial charge in [-0.25, -0.2) is 0 Å². The van der Waals surface area contributed by atoms with E-state index in [2.05, 4.69) is 20.1 Å². The maximum atomic E-state index is 12.7. The number of nitrogens with zero attached hydrogens (tertiary/aromatic N) is 4. The van der Waals surface area contributed by atoms with E-state index in [-0.39, 0.29) is 35.9 Å². The van der Waals surface area contributed by atoms with Gasteiger partial charge in [0, 0.05) is 50.7 Å². The standard InChI is InChI=1S/C20H32ClN5O2S.HI/c1-3-22-20(23-14-16(27)17-6-7-18(21)29-17)26-12-10-24(11-13-26)15(2)19(28)25-8-4-5-9-25;/h6-7,15-16,27H,3-5,8-14H2,1-2H3,(H,22,23);1H. The summed E-state index contributed by atoms with van der Waals surface area (Å²) in [6, 6.07) is 3.57. The van der Waals surface area contributed by atoms with Crippen LogP contribution in [0.5, 0.6) is 0 Å². The number of carbonyl (C=O) groups is 1. The van der Waals surface area contributed by atoms with Gasteiger partial charge in [0.25, 0.3) is 0 Å².